The standard InChI is InChI=1S/C25H26Cl2N2O4S/c1-2-33-21-13-10-19(11-14-21)7-6-16-28-25(30)18-29(20-12-15-23(26)24(27)17-20)34(31,32)22-8-4-3-5-9-22/h3-5,8-15,17H,2,6-7,16,18H2,1H3,(H,28,30). The van der Waals surface area contributed by atoms with E-state index in [1.165, 1.54) is 30.3 Å². The smallest absolute Gasteiger partial charge is 0.264 e. The first-order valence-corrected chi connectivity index (χ1v) is 13.0. The molecule has 0 aliphatic heterocycles. The highest BCUT2D eigenvalue weighted by Gasteiger charge is 2.27. The van der Waals surface area contributed by atoms with Gasteiger partial charge >= 0.3 is 0 Å². The van der Waals surface area contributed by atoms with Gasteiger partial charge in [-0.15, -0.1) is 0 Å². The van der Waals surface area contributed by atoms with Gasteiger partial charge in [0.1, 0.15) is 12.3 Å². The maximum absolute atomic E-state index is 13.3. The van der Waals surface area contributed by atoms with Gasteiger partial charge in [0.25, 0.3) is 10.0 Å². The number of ether oxygens (including phenoxy) is 1. The molecule has 0 bridgehead atoms. The van der Waals surface area contributed by atoms with Crippen LogP contribution in [0.3, 0.4) is 0 Å². The summed E-state index contributed by atoms with van der Waals surface area (Å²) in [5, 5.41) is 3.30. The molecular formula is C25H26Cl2N2O4S. The van der Waals surface area contributed by atoms with Crippen LogP contribution in [0, 0.1) is 0 Å². The van der Waals surface area contributed by atoms with Crippen molar-refractivity contribution in [2.45, 2.75) is 24.7 Å². The summed E-state index contributed by atoms with van der Waals surface area (Å²) in [6.45, 7) is 2.57. The number of nitrogens with one attached hydrogen (secondary N) is 1. The lowest BCUT2D eigenvalue weighted by molar-refractivity contribution is -0.119. The fourth-order valence-electron chi connectivity index (χ4n) is 3.30. The molecule has 0 atom stereocenters. The molecule has 6 nitrogen and oxygen atoms in total. The largest absolute Gasteiger partial charge is 0.494 e. The van der Waals surface area contributed by atoms with Crippen molar-refractivity contribution in [2.75, 3.05) is 24.0 Å². The number of hydrogen-bond acceptors (Lipinski definition) is 4. The van der Waals surface area contributed by atoms with Crippen LogP contribution in [0.25, 0.3) is 0 Å². The molecule has 0 radical (unpaired) electrons. The Morgan fingerprint density at radius 1 is 0.971 bits per heavy atom. The lowest BCUT2D eigenvalue weighted by Gasteiger charge is -2.24. The molecule has 180 valence electrons. The second-order valence-corrected chi connectivity index (χ2v) is 10.1. The first kappa shape index (κ1) is 25.9. The van der Waals surface area contributed by atoms with Crippen molar-refractivity contribution < 1.29 is 17.9 Å². The topological polar surface area (TPSA) is 75.7 Å². The van der Waals surface area contributed by atoms with E-state index in [0.29, 0.717) is 24.6 Å². The zero-order valence-corrected chi connectivity index (χ0v) is 21.0. The second-order valence-electron chi connectivity index (χ2n) is 7.45. The molecule has 0 aromatic heterocycles. The van der Waals surface area contributed by atoms with Crippen LogP contribution >= 0.6 is 23.2 Å². The number of rotatable bonds is 11. The first-order valence-electron chi connectivity index (χ1n) is 10.8. The van der Waals surface area contributed by atoms with Crippen molar-refractivity contribution in [2.24, 2.45) is 0 Å². The molecule has 9 heteroatoms. The van der Waals surface area contributed by atoms with Crippen LogP contribution in [0.15, 0.2) is 77.7 Å². The molecular weight excluding hydrogens is 495 g/mol. The minimum absolute atomic E-state index is 0.0735. The summed E-state index contributed by atoms with van der Waals surface area (Å²) in [7, 11) is -4.00. The first-order chi connectivity index (χ1) is 16.3. The molecule has 1 N–H and O–H groups in total. The van der Waals surface area contributed by atoms with Crippen molar-refractivity contribution in [1.29, 1.82) is 0 Å². The van der Waals surface area contributed by atoms with E-state index >= 15 is 0 Å². The third-order valence-electron chi connectivity index (χ3n) is 5.01. The van der Waals surface area contributed by atoms with Gasteiger partial charge in [-0.25, -0.2) is 8.42 Å². The number of anilines is 1. The Hall–Kier alpha value is -2.74. The quantitative estimate of drug-likeness (QED) is 0.346. The Morgan fingerprint density at radius 2 is 1.68 bits per heavy atom. The van der Waals surface area contributed by atoms with Crippen LogP contribution < -0.4 is 14.4 Å². The molecule has 1 amide bonds. The number of nitrogens with zero attached hydrogens (tertiary/aromatic N) is 1. The van der Waals surface area contributed by atoms with E-state index in [-0.39, 0.29) is 15.6 Å². The van der Waals surface area contributed by atoms with Crippen LogP contribution in [-0.2, 0) is 21.2 Å². The molecule has 0 saturated carbocycles. The molecule has 3 aromatic carbocycles. The molecule has 0 saturated heterocycles. The molecule has 3 rings (SSSR count). The molecule has 3 aromatic rings. The van der Waals surface area contributed by atoms with Crippen molar-refractivity contribution in [3.8, 4) is 5.75 Å². The van der Waals surface area contributed by atoms with E-state index in [1.807, 2.05) is 31.2 Å². The number of benzene rings is 3. The highest BCUT2D eigenvalue weighted by Crippen LogP contribution is 2.30. The average molecular weight is 521 g/mol. The van der Waals surface area contributed by atoms with Crippen LogP contribution in [0.1, 0.15) is 18.9 Å². The number of aryl methyl sites for hydroxylation is 1. The van der Waals surface area contributed by atoms with Crippen molar-refractivity contribution in [1.82, 2.24) is 5.32 Å². The van der Waals surface area contributed by atoms with E-state index in [9.17, 15) is 13.2 Å². The third-order valence-corrected chi connectivity index (χ3v) is 7.54. The maximum atomic E-state index is 13.3. The van der Waals surface area contributed by atoms with Crippen LogP contribution in [0.4, 0.5) is 5.69 Å². The Kier molecular flexibility index (Phi) is 9.21. The van der Waals surface area contributed by atoms with Crippen molar-refractivity contribution in [3.63, 3.8) is 0 Å². The van der Waals surface area contributed by atoms with Gasteiger partial charge in [-0.3, -0.25) is 9.10 Å². The third kappa shape index (κ3) is 6.88. The average Bonchev–Trinajstić information content (AvgIpc) is 2.84. The van der Waals surface area contributed by atoms with Gasteiger partial charge < -0.3 is 10.1 Å². The monoisotopic (exact) mass is 520 g/mol. The Balaban J connectivity index is 1.66. The number of carbonyl (C=O) groups excluding carboxylic acids is 1. The molecule has 0 spiro atoms. The SMILES string of the molecule is CCOc1ccc(CCCNC(=O)CN(c2ccc(Cl)c(Cl)c2)S(=O)(=O)c2ccccc2)cc1. The number of hydrogen-bond donors (Lipinski definition) is 1. The number of carbonyl (C=O) groups is 1. The summed E-state index contributed by atoms with van der Waals surface area (Å²) < 4.78 is 33.1. The fraction of sp³-hybridized carbons (Fsp3) is 0.240. The van der Waals surface area contributed by atoms with E-state index < -0.39 is 22.5 Å². The van der Waals surface area contributed by atoms with Gasteiger partial charge in [0.05, 0.1) is 27.2 Å². The van der Waals surface area contributed by atoms with E-state index in [0.717, 1.165) is 22.0 Å². The van der Waals surface area contributed by atoms with Gasteiger partial charge in [0.2, 0.25) is 5.91 Å². The van der Waals surface area contributed by atoms with Crippen molar-refractivity contribution in [3.05, 3.63) is 88.4 Å². The number of halogens is 2. The summed E-state index contributed by atoms with van der Waals surface area (Å²) in [4.78, 5) is 12.8. The second kappa shape index (κ2) is 12.1. The Labute approximate surface area is 210 Å². The lowest BCUT2D eigenvalue weighted by atomic mass is 10.1. The summed E-state index contributed by atoms with van der Waals surface area (Å²) in [6.07, 6.45) is 1.48. The number of amides is 1. The molecule has 0 heterocycles. The number of sulfonamides is 1. The molecule has 0 fully saturated rings. The summed E-state index contributed by atoms with van der Waals surface area (Å²) >= 11 is 12.1. The maximum Gasteiger partial charge on any atom is 0.264 e. The van der Waals surface area contributed by atoms with E-state index in [1.54, 1.807) is 18.2 Å². The zero-order valence-electron chi connectivity index (χ0n) is 18.7. The fourth-order valence-corrected chi connectivity index (χ4v) is 5.03. The van der Waals surface area contributed by atoms with E-state index in [4.69, 9.17) is 27.9 Å². The van der Waals surface area contributed by atoms with Gasteiger partial charge in [0, 0.05) is 6.54 Å². The molecule has 0 unspecified atom stereocenters. The summed E-state index contributed by atoms with van der Waals surface area (Å²) in [6, 6.07) is 20.2. The van der Waals surface area contributed by atoms with Gasteiger partial charge in [0.15, 0.2) is 0 Å². The Bertz CT molecular complexity index is 1200. The minimum atomic E-state index is -4.00. The molecule has 34 heavy (non-hydrogen) atoms. The van der Waals surface area contributed by atoms with Gasteiger partial charge in [-0.1, -0.05) is 53.5 Å². The predicted octanol–water partition coefficient (Wildman–Crippen LogP) is 5.34. The summed E-state index contributed by atoms with van der Waals surface area (Å²) in [5.41, 5.74) is 1.38. The highest BCUT2D eigenvalue weighted by atomic mass is 35.5. The van der Waals surface area contributed by atoms with E-state index in [2.05, 4.69) is 5.32 Å². The van der Waals surface area contributed by atoms with Gasteiger partial charge in [-0.05, 0) is 67.8 Å². The zero-order chi connectivity index (χ0) is 24.6. The molecule has 0 aliphatic rings. The summed E-state index contributed by atoms with van der Waals surface area (Å²) in [5.74, 6) is 0.402. The van der Waals surface area contributed by atoms with Crippen molar-refractivity contribution >= 4 is 44.8 Å². The minimum Gasteiger partial charge on any atom is -0.494 e. The van der Waals surface area contributed by atoms with Gasteiger partial charge in [-0.2, -0.15) is 0 Å². The predicted molar refractivity (Wildman–Crippen MR) is 136 cm³/mol. The van der Waals surface area contributed by atoms with Crippen LogP contribution in [0.2, 0.25) is 10.0 Å². The van der Waals surface area contributed by atoms with Crippen LogP contribution in [0.5, 0.6) is 5.75 Å². The Morgan fingerprint density at radius 3 is 2.32 bits per heavy atom. The lowest BCUT2D eigenvalue weighted by Crippen LogP contribution is -2.41. The highest BCUT2D eigenvalue weighted by molar-refractivity contribution is 7.92. The molecule has 0 aliphatic carbocycles. The van der Waals surface area contributed by atoms with Crippen LogP contribution in [-0.4, -0.2) is 34.0 Å². The normalized spacial score (nSPS) is 11.1.